The third-order valence-electron chi connectivity index (χ3n) is 7.99. The van der Waals surface area contributed by atoms with Crippen LogP contribution in [0.4, 0.5) is 0 Å². The van der Waals surface area contributed by atoms with E-state index in [9.17, 15) is 4.79 Å². The lowest BCUT2D eigenvalue weighted by Gasteiger charge is -2.34. The second-order valence-corrected chi connectivity index (χ2v) is 13.0. The van der Waals surface area contributed by atoms with Gasteiger partial charge in [-0.25, -0.2) is 0 Å². The molecule has 1 fully saturated rings. The smallest absolute Gasteiger partial charge is 0.161 e. The average Bonchev–Trinajstić information content (AvgIpc) is 2.64. The van der Waals surface area contributed by atoms with Crippen LogP contribution in [0.1, 0.15) is 127 Å². The third kappa shape index (κ3) is 9.69. The monoisotopic (exact) mass is 418 g/mol. The lowest BCUT2D eigenvalue weighted by atomic mass is 9.69. The molecule has 0 spiro atoms. The van der Waals surface area contributed by atoms with E-state index in [1.807, 2.05) is 0 Å². The summed E-state index contributed by atoms with van der Waals surface area (Å²) in [5, 5.41) is 0. The van der Waals surface area contributed by atoms with Crippen molar-refractivity contribution in [3.63, 3.8) is 0 Å². The van der Waals surface area contributed by atoms with Gasteiger partial charge >= 0.3 is 0 Å². The molecule has 1 aliphatic rings. The molecule has 0 saturated heterocycles. The molecule has 0 aromatic carbocycles. The molecule has 4 atom stereocenters. The van der Waals surface area contributed by atoms with E-state index < -0.39 is 0 Å². The predicted molar refractivity (Wildman–Crippen MR) is 134 cm³/mol. The molecule has 1 saturated carbocycles. The lowest BCUT2D eigenvalue weighted by molar-refractivity contribution is -0.122. The maximum atomic E-state index is 13.7. The topological polar surface area (TPSA) is 17.1 Å². The van der Waals surface area contributed by atoms with Crippen LogP contribution in [0.15, 0.2) is 11.6 Å². The maximum absolute atomic E-state index is 13.7. The van der Waals surface area contributed by atoms with Gasteiger partial charge in [-0.1, -0.05) is 81.2 Å². The van der Waals surface area contributed by atoms with Crippen LogP contribution in [0.5, 0.6) is 0 Å². The van der Waals surface area contributed by atoms with Crippen LogP contribution < -0.4 is 0 Å². The molecule has 0 aromatic rings. The van der Waals surface area contributed by atoms with Gasteiger partial charge in [0.1, 0.15) is 0 Å². The highest BCUT2D eigenvalue weighted by molar-refractivity contribution is 5.96. The fraction of sp³-hybridized carbons (Fsp3) is 0.897. The van der Waals surface area contributed by atoms with Gasteiger partial charge in [-0.3, -0.25) is 4.79 Å². The van der Waals surface area contributed by atoms with E-state index in [1.165, 1.54) is 38.5 Å². The summed E-state index contributed by atoms with van der Waals surface area (Å²) in [4.78, 5) is 13.7. The minimum atomic E-state index is 0.206. The minimum absolute atomic E-state index is 0.206. The zero-order valence-electron chi connectivity index (χ0n) is 22.2. The number of rotatable bonds is 6. The van der Waals surface area contributed by atoms with Gasteiger partial charge in [0.25, 0.3) is 0 Å². The average molecular weight is 419 g/mol. The highest BCUT2D eigenvalue weighted by atomic mass is 16.1. The van der Waals surface area contributed by atoms with E-state index >= 15 is 0 Å². The van der Waals surface area contributed by atoms with E-state index in [4.69, 9.17) is 0 Å². The van der Waals surface area contributed by atoms with Gasteiger partial charge in [0.2, 0.25) is 0 Å². The first-order chi connectivity index (χ1) is 13.7. The van der Waals surface area contributed by atoms with E-state index in [-0.39, 0.29) is 5.92 Å². The summed E-state index contributed by atoms with van der Waals surface area (Å²) in [5.41, 5.74) is 1.78. The Morgan fingerprint density at radius 3 is 2.23 bits per heavy atom. The normalized spacial score (nSPS) is 28.1. The molecular formula is C29H54O. The number of hydrogen-bond acceptors (Lipinski definition) is 1. The van der Waals surface area contributed by atoms with E-state index in [0.29, 0.717) is 34.4 Å². The molecule has 0 aromatic heterocycles. The van der Waals surface area contributed by atoms with Crippen LogP contribution >= 0.6 is 0 Å². The first kappa shape index (κ1) is 27.4. The van der Waals surface area contributed by atoms with Gasteiger partial charge in [-0.15, -0.1) is 0 Å². The Balaban J connectivity index is 3.11. The van der Waals surface area contributed by atoms with Crippen LogP contribution in [0.3, 0.4) is 0 Å². The van der Waals surface area contributed by atoms with Crippen molar-refractivity contribution in [2.75, 3.05) is 0 Å². The lowest BCUT2D eigenvalue weighted by Crippen LogP contribution is -2.32. The fourth-order valence-corrected chi connectivity index (χ4v) is 5.17. The molecule has 4 unspecified atom stereocenters. The second kappa shape index (κ2) is 11.9. The molecule has 0 heterocycles. The molecule has 0 aliphatic heterocycles. The van der Waals surface area contributed by atoms with Gasteiger partial charge < -0.3 is 0 Å². The van der Waals surface area contributed by atoms with Crippen molar-refractivity contribution in [2.24, 2.45) is 40.4 Å². The number of allylic oxidation sites excluding steroid dienone is 2. The van der Waals surface area contributed by atoms with Crippen molar-refractivity contribution in [3.8, 4) is 0 Å². The number of hydrogen-bond donors (Lipinski definition) is 0. The van der Waals surface area contributed by atoms with Gasteiger partial charge in [-0.2, -0.15) is 0 Å². The van der Waals surface area contributed by atoms with Crippen molar-refractivity contribution in [3.05, 3.63) is 11.6 Å². The van der Waals surface area contributed by atoms with E-state index in [0.717, 1.165) is 30.8 Å². The molecule has 1 rings (SSSR count). The quantitative estimate of drug-likeness (QED) is 0.393. The first-order valence-electron chi connectivity index (χ1n) is 12.9. The van der Waals surface area contributed by atoms with Crippen LogP contribution in [0.2, 0.25) is 0 Å². The summed E-state index contributed by atoms with van der Waals surface area (Å²) in [6.07, 6.45) is 13.1. The molecule has 1 nitrogen and oxygen atoms in total. The van der Waals surface area contributed by atoms with Crippen molar-refractivity contribution < 1.29 is 4.79 Å². The molecule has 1 aliphatic carbocycles. The zero-order valence-corrected chi connectivity index (χ0v) is 22.2. The summed E-state index contributed by atoms with van der Waals surface area (Å²) < 4.78 is 0. The molecule has 176 valence electrons. The van der Waals surface area contributed by atoms with Crippen molar-refractivity contribution >= 4 is 5.78 Å². The van der Waals surface area contributed by atoms with Crippen molar-refractivity contribution in [1.82, 2.24) is 0 Å². The number of Topliss-reactive ketones (excluding diaryl/α,β-unsaturated/α-hetero) is 1. The number of ketones is 1. The highest BCUT2D eigenvalue weighted by Gasteiger charge is 2.34. The molecule has 0 radical (unpaired) electrons. The fourth-order valence-electron chi connectivity index (χ4n) is 5.17. The third-order valence-corrected chi connectivity index (χ3v) is 7.99. The van der Waals surface area contributed by atoms with Gasteiger partial charge in [-0.05, 0) is 91.9 Å². The number of carbonyl (C=O) groups is 1. The SMILES string of the molecule is CC(=CCCC(C)(C)C)C(=O)C1CCC(C)CCC(C)(C)CCCC1C(C)C(C)C. The van der Waals surface area contributed by atoms with Crippen LogP contribution in [0, 0.1) is 40.4 Å². The molecule has 0 N–H and O–H groups in total. The Labute approximate surface area is 189 Å². The molecular weight excluding hydrogens is 364 g/mol. The Morgan fingerprint density at radius 2 is 1.67 bits per heavy atom. The minimum Gasteiger partial charge on any atom is -0.294 e. The van der Waals surface area contributed by atoms with Crippen molar-refractivity contribution in [2.45, 2.75) is 127 Å². The Bertz CT molecular complexity index is 545. The highest BCUT2D eigenvalue weighted by Crippen LogP contribution is 2.40. The number of carbonyl (C=O) groups excluding carboxylic acids is 1. The van der Waals surface area contributed by atoms with E-state index in [1.54, 1.807) is 0 Å². The summed E-state index contributed by atoms with van der Waals surface area (Å²) in [6, 6.07) is 0. The summed E-state index contributed by atoms with van der Waals surface area (Å²) in [6.45, 7) is 23.3. The Morgan fingerprint density at radius 1 is 1.03 bits per heavy atom. The molecule has 0 amide bonds. The second-order valence-electron chi connectivity index (χ2n) is 13.0. The standard InChI is InChI=1S/C29H54O/c1-21(2)24(5)25-14-12-19-29(9,10)20-17-22(3)15-16-26(25)27(30)23(4)13-11-18-28(6,7)8/h13,21-22,24-26H,11-12,14-20H2,1-10H3. The van der Waals surface area contributed by atoms with Crippen LogP contribution in [-0.4, -0.2) is 5.78 Å². The van der Waals surface area contributed by atoms with Crippen molar-refractivity contribution in [1.29, 1.82) is 0 Å². The zero-order chi connectivity index (χ0) is 23.1. The van der Waals surface area contributed by atoms with Gasteiger partial charge in [0.15, 0.2) is 5.78 Å². The molecule has 30 heavy (non-hydrogen) atoms. The summed E-state index contributed by atoms with van der Waals surface area (Å²) in [5.74, 6) is 3.12. The van der Waals surface area contributed by atoms with Crippen LogP contribution in [-0.2, 0) is 4.79 Å². The predicted octanol–water partition coefficient (Wildman–Crippen LogP) is 9.26. The molecule has 1 heteroatoms. The molecule has 0 bridgehead atoms. The summed E-state index contributed by atoms with van der Waals surface area (Å²) >= 11 is 0. The largest absolute Gasteiger partial charge is 0.294 e. The first-order valence-corrected chi connectivity index (χ1v) is 12.9. The van der Waals surface area contributed by atoms with Crippen LogP contribution in [0.25, 0.3) is 0 Å². The van der Waals surface area contributed by atoms with Gasteiger partial charge in [0, 0.05) is 5.92 Å². The Kier molecular flexibility index (Phi) is 10.9. The van der Waals surface area contributed by atoms with Gasteiger partial charge in [0.05, 0.1) is 0 Å². The summed E-state index contributed by atoms with van der Waals surface area (Å²) in [7, 11) is 0. The van der Waals surface area contributed by atoms with E-state index in [2.05, 4.69) is 75.3 Å². The maximum Gasteiger partial charge on any atom is 0.161 e. The Hall–Kier alpha value is -0.590.